The first-order chi connectivity index (χ1) is 8.05. The maximum Gasteiger partial charge on any atom is 0.182 e. The van der Waals surface area contributed by atoms with Crippen molar-refractivity contribution < 1.29 is 4.79 Å². The first kappa shape index (κ1) is 10.5. The van der Waals surface area contributed by atoms with Gasteiger partial charge in [-0.1, -0.05) is 32.0 Å². The zero-order valence-electron chi connectivity index (χ0n) is 10.2. The molecule has 0 atom stereocenters. The Morgan fingerprint density at radius 1 is 1.18 bits per heavy atom. The van der Waals surface area contributed by atoms with Crippen molar-refractivity contribution in [3.05, 3.63) is 41.6 Å². The van der Waals surface area contributed by atoms with Crippen LogP contribution < -0.4 is 0 Å². The van der Waals surface area contributed by atoms with E-state index in [-0.39, 0.29) is 11.2 Å². The largest absolute Gasteiger partial charge is 0.292 e. The molecule has 2 nitrogen and oxygen atoms in total. The van der Waals surface area contributed by atoms with Crippen LogP contribution in [0.2, 0.25) is 0 Å². The third kappa shape index (κ3) is 1.74. The highest BCUT2D eigenvalue weighted by molar-refractivity contribution is 5.99. The van der Waals surface area contributed by atoms with Gasteiger partial charge in [0.15, 0.2) is 5.78 Å². The van der Waals surface area contributed by atoms with Crippen LogP contribution >= 0.6 is 0 Å². The van der Waals surface area contributed by atoms with Crippen LogP contribution in [0.25, 0.3) is 10.9 Å². The van der Waals surface area contributed by atoms with E-state index in [9.17, 15) is 4.79 Å². The molecule has 1 aromatic heterocycles. The number of hydrogen-bond donors (Lipinski definition) is 0. The van der Waals surface area contributed by atoms with Gasteiger partial charge in [-0.05, 0) is 29.5 Å². The number of carbonyl (C=O) groups excluding carboxylic acids is 1. The van der Waals surface area contributed by atoms with E-state index in [0.29, 0.717) is 12.1 Å². The van der Waals surface area contributed by atoms with E-state index in [1.165, 1.54) is 0 Å². The number of nitrogens with zero attached hydrogens (tertiary/aromatic N) is 1. The summed E-state index contributed by atoms with van der Waals surface area (Å²) in [7, 11) is 0. The van der Waals surface area contributed by atoms with Crippen LogP contribution in [0.4, 0.5) is 0 Å². The lowest BCUT2D eigenvalue weighted by atomic mass is 9.75. The van der Waals surface area contributed by atoms with Gasteiger partial charge in [-0.2, -0.15) is 0 Å². The van der Waals surface area contributed by atoms with Crippen molar-refractivity contribution in [3.63, 3.8) is 0 Å². The summed E-state index contributed by atoms with van der Waals surface area (Å²) in [5.74, 6) is 0.182. The quantitative estimate of drug-likeness (QED) is 0.688. The number of pyridine rings is 1. The zero-order chi connectivity index (χ0) is 12.0. The Morgan fingerprint density at radius 3 is 2.76 bits per heavy atom. The van der Waals surface area contributed by atoms with Crippen LogP contribution in [0, 0.1) is 5.41 Å². The number of Topliss-reactive ketones (excluding diaryl/α,β-unsaturated/α-hetero) is 1. The predicted octanol–water partition coefficient (Wildman–Crippen LogP) is 3.39. The Balaban J connectivity index is 2.25. The summed E-state index contributed by atoms with van der Waals surface area (Å²) < 4.78 is 0. The summed E-state index contributed by atoms with van der Waals surface area (Å²) in [6.07, 6.45) is 1.54. The minimum atomic E-state index is 0.0637. The van der Waals surface area contributed by atoms with Crippen molar-refractivity contribution in [1.82, 2.24) is 4.98 Å². The van der Waals surface area contributed by atoms with Gasteiger partial charge >= 0.3 is 0 Å². The number of carbonyl (C=O) groups is 1. The average molecular weight is 225 g/mol. The Morgan fingerprint density at radius 2 is 1.94 bits per heavy atom. The molecule has 0 spiro atoms. The SMILES string of the molecule is CC1(C)CC(=O)c2nc3ccccc3cc2C1. The molecule has 3 rings (SSSR count). The van der Waals surface area contributed by atoms with Crippen molar-refractivity contribution in [1.29, 1.82) is 0 Å². The number of fused-ring (bicyclic) bond motifs is 2. The molecular weight excluding hydrogens is 210 g/mol. The minimum Gasteiger partial charge on any atom is -0.292 e. The molecule has 0 saturated heterocycles. The van der Waals surface area contributed by atoms with Crippen LogP contribution in [-0.4, -0.2) is 10.8 Å². The molecule has 86 valence electrons. The molecule has 0 radical (unpaired) electrons. The molecular formula is C15H15NO. The molecule has 0 amide bonds. The van der Waals surface area contributed by atoms with E-state index in [2.05, 4.69) is 31.0 Å². The van der Waals surface area contributed by atoms with Crippen molar-refractivity contribution >= 4 is 16.7 Å². The second-order valence-corrected chi connectivity index (χ2v) is 5.63. The summed E-state index contributed by atoms with van der Waals surface area (Å²) in [6.45, 7) is 4.28. The Hall–Kier alpha value is -1.70. The third-order valence-electron chi connectivity index (χ3n) is 3.38. The summed E-state index contributed by atoms with van der Waals surface area (Å²) in [4.78, 5) is 16.6. The van der Waals surface area contributed by atoms with E-state index in [0.717, 1.165) is 22.9 Å². The maximum atomic E-state index is 12.1. The van der Waals surface area contributed by atoms with Gasteiger partial charge in [0.1, 0.15) is 5.69 Å². The van der Waals surface area contributed by atoms with E-state index in [1.54, 1.807) is 0 Å². The number of ketones is 1. The molecule has 2 aromatic rings. The second-order valence-electron chi connectivity index (χ2n) is 5.63. The van der Waals surface area contributed by atoms with Gasteiger partial charge in [0.2, 0.25) is 0 Å². The fraction of sp³-hybridized carbons (Fsp3) is 0.333. The van der Waals surface area contributed by atoms with E-state index in [4.69, 9.17) is 0 Å². The molecule has 17 heavy (non-hydrogen) atoms. The molecule has 0 aliphatic heterocycles. The number of benzene rings is 1. The molecule has 1 heterocycles. The lowest BCUT2D eigenvalue weighted by molar-refractivity contribution is 0.0907. The number of para-hydroxylation sites is 1. The molecule has 0 bridgehead atoms. The molecule has 1 aliphatic carbocycles. The highest BCUT2D eigenvalue weighted by Gasteiger charge is 2.31. The maximum absolute atomic E-state index is 12.1. The zero-order valence-corrected chi connectivity index (χ0v) is 10.2. The van der Waals surface area contributed by atoms with E-state index >= 15 is 0 Å². The summed E-state index contributed by atoms with van der Waals surface area (Å²) in [6, 6.07) is 10.1. The third-order valence-corrected chi connectivity index (χ3v) is 3.38. The van der Waals surface area contributed by atoms with Gasteiger partial charge in [-0.25, -0.2) is 4.98 Å². The molecule has 1 aromatic carbocycles. The van der Waals surface area contributed by atoms with Crippen LogP contribution in [-0.2, 0) is 6.42 Å². The lowest BCUT2D eigenvalue weighted by Gasteiger charge is -2.29. The van der Waals surface area contributed by atoms with Gasteiger partial charge in [0.05, 0.1) is 5.52 Å². The number of aromatic nitrogens is 1. The Bertz CT molecular complexity index is 613. The average Bonchev–Trinajstić information content (AvgIpc) is 2.25. The van der Waals surface area contributed by atoms with Gasteiger partial charge in [-0.15, -0.1) is 0 Å². The summed E-state index contributed by atoms with van der Waals surface area (Å²) in [5, 5.41) is 1.12. The smallest absolute Gasteiger partial charge is 0.182 e. The number of hydrogen-bond acceptors (Lipinski definition) is 2. The second kappa shape index (κ2) is 3.39. The summed E-state index contributed by atoms with van der Waals surface area (Å²) >= 11 is 0. The standard InChI is InChI=1S/C15H15NO/c1-15(2)8-11-7-10-5-3-4-6-12(10)16-14(11)13(17)9-15/h3-7H,8-9H2,1-2H3. The molecule has 0 fully saturated rings. The highest BCUT2D eigenvalue weighted by Crippen LogP contribution is 2.35. The first-order valence-electron chi connectivity index (χ1n) is 5.97. The summed E-state index contributed by atoms with van der Waals surface area (Å²) in [5.41, 5.74) is 2.76. The minimum absolute atomic E-state index is 0.0637. The van der Waals surface area contributed by atoms with Crippen LogP contribution in [0.15, 0.2) is 30.3 Å². The van der Waals surface area contributed by atoms with Crippen molar-refractivity contribution in [2.24, 2.45) is 5.41 Å². The fourth-order valence-electron chi connectivity index (χ4n) is 2.63. The van der Waals surface area contributed by atoms with Crippen molar-refractivity contribution in [2.75, 3.05) is 0 Å². The monoisotopic (exact) mass is 225 g/mol. The van der Waals surface area contributed by atoms with Gasteiger partial charge in [-0.3, -0.25) is 4.79 Å². The lowest BCUT2D eigenvalue weighted by Crippen LogP contribution is -2.27. The Kier molecular flexibility index (Phi) is 2.09. The van der Waals surface area contributed by atoms with E-state index in [1.807, 2.05) is 18.2 Å². The topological polar surface area (TPSA) is 30.0 Å². The van der Waals surface area contributed by atoms with Crippen LogP contribution in [0.1, 0.15) is 36.3 Å². The van der Waals surface area contributed by atoms with Crippen molar-refractivity contribution in [3.8, 4) is 0 Å². The number of rotatable bonds is 0. The first-order valence-corrected chi connectivity index (χ1v) is 5.97. The molecule has 0 unspecified atom stereocenters. The Labute approximate surface area is 101 Å². The normalized spacial score (nSPS) is 18.1. The van der Waals surface area contributed by atoms with E-state index < -0.39 is 0 Å². The molecule has 1 aliphatic rings. The predicted molar refractivity (Wildman–Crippen MR) is 68.2 cm³/mol. The fourth-order valence-corrected chi connectivity index (χ4v) is 2.63. The molecule has 0 saturated carbocycles. The van der Waals surface area contributed by atoms with Crippen molar-refractivity contribution in [2.45, 2.75) is 26.7 Å². The van der Waals surface area contributed by atoms with Gasteiger partial charge < -0.3 is 0 Å². The molecule has 0 N–H and O–H groups in total. The van der Waals surface area contributed by atoms with Gasteiger partial charge in [0.25, 0.3) is 0 Å². The van der Waals surface area contributed by atoms with Crippen LogP contribution in [0.5, 0.6) is 0 Å². The highest BCUT2D eigenvalue weighted by atomic mass is 16.1. The molecule has 2 heteroatoms. The van der Waals surface area contributed by atoms with Crippen LogP contribution in [0.3, 0.4) is 0 Å². The van der Waals surface area contributed by atoms with Gasteiger partial charge in [0, 0.05) is 11.8 Å².